The largest absolute Gasteiger partial charge is 0.374 e. The molecular weight excluding hydrogens is 232 g/mol. The van der Waals surface area contributed by atoms with Gasteiger partial charge in [-0.15, -0.1) is 10.2 Å². The Hall–Kier alpha value is -1.15. The lowest BCUT2D eigenvalue weighted by Crippen LogP contribution is -2.01. The molecule has 0 fully saturated rings. The summed E-state index contributed by atoms with van der Waals surface area (Å²) in [7, 11) is 0. The molecule has 0 radical (unpaired) electrons. The van der Waals surface area contributed by atoms with Crippen LogP contribution in [-0.2, 0) is 12.3 Å². The first-order valence-electron chi connectivity index (χ1n) is 4.38. The standard InChI is InChI=1S/C7H10N6S2/c1-2-13-5(9-4-10-13)3-14-7-12-11-6(8)15-7/h4H,2-3H2,1H3,(H2,8,11). The molecule has 0 amide bonds. The fourth-order valence-corrected chi connectivity index (χ4v) is 2.65. The van der Waals surface area contributed by atoms with E-state index in [0.29, 0.717) is 5.13 Å². The fraction of sp³-hybridized carbons (Fsp3) is 0.429. The first kappa shape index (κ1) is 10.4. The third kappa shape index (κ3) is 2.45. The number of aryl methyl sites for hydroxylation is 1. The smallest absolute Gasteiger partial charge is 0.203 e. The Morgan fingerprint density at radius 3 is 3.07 bits per heavy atom. The molecule has 0 aliphatic rings. The van der Waals surface area contributed by atoms with E-state index in [1.165, 1.54) is 11.3 Å². The average molecular weight is 242 g/mol. The number of nitrogens with two attached hydrogens (primary N) is 1. The van der Waals surface area contributed by atoms with Crippen molar-refractivity contribution in [1.82, 2.24) is 25.0 Å². The maximum Gasteiger partial charge on any atom is 0.203 e. The zero-order chi connectivity index (χ0) is 10.7. The highest BCUT2D eigenvalue weighted by molar-refractivity contribution is 8.00. The summed E-state index contributed by atoms with van der Waals surface area (Å²) in [6.45, 7) is 2.86. The van der Waals surface area contributed by atoms with Crippen LogP contribution >= 0.6 is 23.1 Å². The van der Waals surface area contributed by atoms with Gasteiger partial charge in [-0.1, -0.05) is 23.1 Å². The van der Waals surface area contributed by atoms with Crippen LogP contribution in [-0.4, -0.2) is 25.0 Å². The van der Waals surface area contributed by atoms with Crippen LogP contribution in [0.4, 0.5) is 5.13 Å². The molecule has 0 unspecified atom stereocenters. The van der Waals surface area contributed by atoms with Gasteiger partial charge < -0.3 is 5.73 Å². The first-order chi connectivity index (χ1) is 7.29. The molecule has 2 N–H and O–H groups in total. The van der Waals surface area contributed by atoms with Gasteiger partial charge in [0.25, 0.3) is 0 Å². The predicted molar refractivity (Wildman–Crippen MR) is 59.6 cm³/mol. The van der Waals surface area contributed by atoms with Crippen molar-refractivity contribution < 1.29 is 0 Å². The van der Waals surface area contributed by atoms with Crippen molar-refractivity contribution in [3.8, 4) is 0 Å². The Labute approximate surface area is 94.9 Å². The SMILES string of the molecule is CCn1ncnc1CSc1nnc(N)s1. The molecule has 2 aromatic heterocycles. The van der Waals surface area contributed by atoms with Gasteiger partial charge in [0.15, 0.2) is 4.34 Å². The van der Waals surface area contributed by atoms with Crippen molar-refractivity contribution in [3.05, 3.63) is 12.2 Å². The van der Waals surface area contributed by atoms with Gasteiger partial charge >= 0.3 is 0 Å². The first-order valence-corrected chi connectivity index (χ1v) is 6.18. The van der Waals surface area contributed by atoms with Crippen LogP contribution in [0, 0.1) is 0 Å². The number of hydrogen-bond donors (Lipinski definition) is 1. The topological polar surface area (TPSA) is 82.5 Å². The van der Waals surface area contributed by atoms with Crippen LogP contribution in [0.15, 0.2) is 10.7 Å². The molecule has 15 heavy (non-hydrogen) atoms. The Kier molecular flexibility index (Phi) is 3.17. The van der Waals surface area contributed by atoms with Crippen molar-refractivity contribution in [2.75, 3.05) is 5.73 Å². The van der Waals surface area contributed by atoms with Gasteiger partial charge in [-0.25, -0.2) is 9.67 Å². The number of nitrogens with zero attached hydrogens (tertiary/aromatic N) is 5. The van der Waals surface area contributed by atoms with Crippen molar-refractivity contribution in [3.63, 3.8) is 0 Å². The zero-order valence-corrected chi connectivity index (χ0v) is 9.75. The molecule has 0 bridgehead atoms. The van der Waals surface area contributed by atoms with Gasteiger partial charge in [0, 0.05) is 6.54 Å². The molecule has 0 spiro atoms. The van der Waals surface area contributed by atoms with E-state index in [4.69, 9.17) is 5.73 Å². The number of hydrogen-bond acceptors (Lipinski definition) is 7. The molecule has 0 saturated carbocycles. The van der Waals surface area contributed by atoms with E-state index in [0.717, 1.165) is 22.5 Å². The molecule has 0 aliphatic carbocycles. The van der Waals surface area contributed by atoms with Crippen LogP contribution in [0.3, 0.4) is 0 Å². The highest BCUT2D eigenvalue weighted by atomic mass is 32.2. The van der Waals surface area contributed by atoms with Crippen LogP contribution < -0.4 is 5.73 Å². The summed E-state index contributed by atoms with van der Waals surface area (Å²) in [6.07, 6.45) is 1.56. The van der Waals surface area contributed by atoms with Crippen LogP contribution in [0.5, 0.6) is 0 Å². The molecule has 0 aromatic carbocycles. The van der Waals surface area contributed by atoms with E-state index in [2.05, 4.69) is 20.3 Å². The molecule has 0 aliphatic heterocycles. The minimum atomic E-state index is 0.495. The lowest BCUT2D eigenvalue weighted by molar-refractivity contribution is 0.632. The Balaban J connectivity index is 1.98. The van der Waals surface area contributed by atoms with Crippen LogP contribution in [0.25, 0.3) is 0 Å². The van der Waals surface area contributed by atoms with E-state index >= 15 is 0 Å². The zero-order valence-electron chi connectivity index (χ0n) is 8.12. The van der Waals surface area contributed by atoms with Crippen LogP contribution in [0.1, 0.15) is 12.7 Å². The Morgan fingerprint density at radius 1 is 1.53 bits per heavy atom. The van der Waals surface area contributed by atoms with Gasteiger partial charge in [0.2, 0.25) is 5.13 Å². The van der Waals surface area contributed by atoms with Crippen molar-refractivity contribution in [2.24, 2.45) is 0 Å². The second kappa shape index (κ2) is 4.58. The summed E-state index contributed by atoms with van der Waals surface area (Å²) in [5.41, 5.74) is 5.48. The monoisotopic (exact) mass is 242 g/mol. The number of thioether (sulfide) groups is 1. The summed E-state index contributed by atoms with van der Waals surface area (Å²) in [6, 6.07) is 0. The third-order valence-electron chi connectivity index (χ3n) is 1.74. The van der Waals surface area contributed by atoms with E-state index in [1.807, 2.05) is 11.6 Å². The molecule has 80 valence electrons. The molecule has 0 saturated heterocycles. The molecule has 2 rings (SSSR count). The summed E-state index contributed by atoms with van der Waals surface area (Å²) in [5.74, 6) is 1.68. The molecule has 8 heteroatoms. The van der Waals surface area contributed by atoms with E-state index in [1.54, 1.807) is 18.1 Å². The fourth-order valence-electron chi connectivity index (χ4n) is 1.07. The normalized spacial score (nSPS) is 10.7. The van der Waals surface area contributed by atoms with Crippen LogP contribution in [0.2, 0.25) is 0 Å². The maximum absolute atomic E-state index is 5.48. The maximum atomic E-state index is 5.48. The molecule has 6 nitrogen and oxygen atoms in total. The minimum Gasteiger partial charge on any atom is -0.374 e. The molecule has 0 atom stereocenters. The quantitative estimate of drug-likeness (QED) is 0.806. The Morgan fingerprint density at radius 2 is 2.40 bits per heavy atom. The van der Waals surface area contributed by atoms with E-state index < -0.39 is 0 Å². The van der Waals surface area contributed by atoms with Gasteiger partial charge in [0.05, 0.1) is 5.75 Å². The molecule has 2 aromatic rings. The van der Waals surface area contributed by atoms with Gasteiger partial charge in [-0.05, 0) is 6.92 Å². The van der Waals surface area contributed by atoms with E-state index in [-0.39, 0.29) is 0 Å². The second-order valence-corrected chi connectivity index (χ2v) is 4.92. The van der Waals surface area contributed by atoms with Gasteiger partial charge in [-0.3, -0.25) is 0 Å². The average Bonchev–Trinajstić information content (AvgIpc) is 2.83. The van der Waals surface area contributed by atoms with E-state index in [9.17, 15) is 0 Å². The highest BCUT2D eigenvalue weighted by Crippen LogP contribution is 2.25. The molecular formula is C7H10N6S2. The predicted octanol–water partition coefficient (Wildman–Crippen LogP) is 1.02. The summed E-state index contributed by atoms with van der Waals surface area (Å²) in [5, 5.41) is 12.2. The summed E-state index contributed by atoms with van der Waals surface area (Å²) < 4.78 is 2.72. The Bertz CT molecular complexity index is 436. The minimum absolute atomic E-state index is 0.495. The van der Waals surface area contributed by atoms with Crippen molar-refractivity contribution in [2.45, 2.75) is 23.6 Å². The van der Waals surface area contributed by atoms with Gasteiger partial charge in [-0.2, -0.15) is 5.10 Å². The lowest BCUT2D eigenvalue weighted by Gasteiger charge is -1.99. The lowest BCUT2D eigenvalue weighted by atomic mass is 10.6. The summed E-state index contributed by atoms with van der Waals surface area (Å²) >= 11 is 2.95. The second-order valence-electron chi connectivity index (χ2n) is 2.69. The highest BCUT2D eigenvalue weighted by Gasteiger charge is 2.06. The third-order valence-corrected chi connectivity index (χ3v) is 3.62. The van der Waals surface area contributed by atoms with Gasteiger partial charge in [0.1, 0.15) is 12.2 Å². The number of rotatable bonds is 4. The molecule has 2 heterocycles. The number of aromatic nitrogens is 5. The number of anilines is 1. The summed E-state index contributed by atoms with van der Waals surface area (Å²) in [4.78, 5) is 4.17. The van der Waals surface area contributed by atoms with Crippen molar-refractivity contribution in [1.29, 1.82) is 0 Å². The van der Waals surface area contributed by atoms with Crippen molar-refractivity contribution >= 4 is 28.2 Å². The number of nitrogen functional groups attached to an aromatic ring is 1.